The molecule has 0 aromatic carbocycles. The second-order valence-corrected chi connectivity index (χ2v) is 3.61. The van der Waals surface area contributed by atoms with Gasteiger partial charge in [0.2, 0.25) is 0 Å². The van der Waals surface area contributed by atoms with Crippen LogP contribution in [0.25, 0.3) is 0 Å². The van der Waals surface area contributed by atoms with Crippen LogP contribution < -0.4 is 0 Å². The smallest absolute Gasteiger partial charge is 0.0669 e. The molecule has 0 fully saturated rings. The predicted molar refractivity (Wildman–Crippen MR) is 51.2 cm³/mol. The minimum Gasteiger partial charge on any atom is -0.390 e. The number of aliphatic hydroxyl groups is 1. The zero-order valence-corrected chi connectivity index (χ0v) is 8.76. The molecular weight excluding hydrogens is 152 g/mol. The molecule has 0 heterocycles. The summed E-state index contributed by atoms with van der Waals surface area (Å²) in [7, 11) is 1.67. The summed E-state index contributed by atoms with van der Waals surface area (Å²) < 4.78 is 4.96. The molecule has 0 amide bonds. The maximum Gasteiger partial charge on any atom is 0.0669 e. The van der Waals surface area contributed by atoms with Crippen LogP contribution in [0, 0.1) is 5.92 Å². The largest absolute Gasteiger partial charge is 0.390 e. The van der Waals surface area contributed by atoms with Gasteiger partial charge < -0.3 is 9.84 Å². The number of ether oxygens (including phenoxy) is 1. The zero-order valence-electron chi connectivity index (χ0n) is 8.76. The third kappa shape index (κ3) is 3.55. The van der Waals surface area contributed by atoms with Gasteiger partial charge in [0.05, 0.1) is 5.60 Å². The molecule has 0 saturated heterocycles. The van der Waals surface area contributed by atoms with Crippen molar-refractivity contribution < 1.29 is 9.84 Å². The van der Waals surface area contributed by atoms with Gasteiger partial charge in [0.1, 0.15) is 0 Å². The molecule has 1 unspecified atom stereocenters. The molecule has 12 heavy (non-hydrogen) atoms. The van der Waals surface area contributed by atoms with E-state index in [9.17, 15) is 5.11 Å². The maximum atomic E-state index is 10.0. The standard InChI is InChI=1S/C10H22O2/c1-5-9(6-2)10(3,11)7-8-12-4/h9,11H,5-8H2,1-4H3. The molecule has 1 atom stereocenters. The van der Waals surface area contributed by atoms with Crippen molar-refractivity contribution in [1.29, 1.82) is 0 Å². The first-order valence-corrected chi connectivity index (χ1v) is 4.79. The first-order valence-electron chi connectivity index (χ1n) is 4.79. The monoisotopic (exact) mass is 174 g/mol. The molecule has 0 radical (unpaired) electrons. The average molecular weight is 174 g/mol. The maximum absolute atomic E-state index is 10.0. The van der Waals surface area contributed by atoms with E-state index in [-0.39, 0.29) is 0 Å². The summed E-state index contributed by atoms with van der Waals surface area (Å²) in [5, 5.41) is 10.0. The van der Waals surface area contributed by atoms with E-state index >= 15 is 0 Å². The third-order valence-electron chi connectivity index (χ3n) is 2.68. The Bertz CT molecular complexity index is 106. The second kappa shape index (κ2) is 5.55. The second-order valence-electron chi connectivity index (χ2n) is 3.61. The van der Waals surface area contributed by atoms with Crippen LogP contribution in [0.2, 0.25) is 0 Å². The summed E-state index contributed by atoms with van der Waals surface area (Å²) >= 11 is 0. The van der Waals surface area contributed by atoms with Gasteiger partial charge >= 0.3 is 0 Å². The van der Waals surface area contributed by atoms with Crippen LogP contribution in [-0.4, -0.2) is 24.4 Å². The van der Waals surface area contributed by atoms with Crippen LogP contribution in [-0.2, 0) is 4.74 Å². The van der Waals surface area contributed by atoms with E-state index in [1.54, 1.807) is 7.11 Å². The van der Waals surface area contributed by atoms with Crippen molar-refractivity contribution in [2.75, 3.05) is 13.7 Å². The Morgan fingerprint density at radius 3 is 2.17 bits per heavy atom. The highest BCUT2D eigenvalue weighted by molar-refractivity contribution is 4.79. The number of rotatable bonds is 6. The summed E-state index contributed by atoms with van der Waals surface area (Å²) in [6.07, 6.45) is 2.80. The Morgan fingerprint density at radius 2 is 1.83 bits per heavy atom. The van der Waals surface area contributed by atoms with Crippen molar-refractivity contribution in [2.24, 2.45) is 5.92 Å². The molecule has 0 bridgehead atoms. The van der Waals surface area contributed by atoms with Gasteiger partial charge in [0.15, 0.2) is 0 Å². The molecule has 1 N–H and O–H groups in total. The molecule has 2 heteroatoms. The van der Waals surface area contributed by atoms with Crippen LogP contribution >= 0.6 is 0 Å². The molecule has 2 nitrogen and oxygen atoms in total. The summed E-state index contributed by atoms with van der Waals surface area (Å²) in [4.78, 5) is 0. The third-order valence-corrected chi connectivity index (χ3v) is 2.68. The molecular formula is C10H22O2. The molecule has 74 valence electrons. The molecule has 0 rings (SSSR count). The SMILES string of the molecule is CCC(CC)C(C)(O)CCOC. The summed E-state index contributed by atoms with van der Waals surface area (Å²) in [6, 6.07) is 0. The van der Waals surface area contributed by atoms with Crippen molar-refractivity contribution in [3.05, 3.63) is 0 Å². The number of hydrogen-bond acceptors (Lipinski definition) is 2. The fraction of sp³-hybridized carbons (Fsp3) is 1.00. The van der Waals surface area contributed by atoms with Gasteiger partial charge in [0, 0.05) is 13.7 Å². The van der Waals surface area contributed by atoms with Gasteiger partial charge in [-0.2, -0.15) is 0 Å². The van der Waals surface area contributed by atoms with Crippen molar-refractivity contribution in [3.63, 3.8) is 0 Å². The summed E-state index contributed by atoms with van der Waals surface area (Å²) in [5.74, 6) is 0.396. The average Bonchev–Trinajstić information content (AvgIpc) is 2.03. The van der Waals surface area contributed by atoms with Gasteiger partial charge in [0.25, 0.3) is 0 Å². The van der Waals surface area contributed by atoms with Gasteiger partial charge in [-0.1, -0.05) is 26.7 Å². The number of hydrogen-bond donors (Lipinski definition) is 1. The summed E-state index contributed by atoms with van der Waals surface area (Å²) in [5.41, 5.74) is -0.556. The molecule has 0 saturated carbocycles. The topological polar surface area (TPSA) is 29.5 Å². The molecule has 0 spiro atoms. The van der Waals surface area contributed by atoms with Gasteiger partial charge in [-0.15, -0.1) is 0 Å². The van der Waals surface area contributed by atoms with Crippen LogP contribution in [0.5, 0.6) is 0 Å². The Morgan fingerprint density at radius 1 is 1.33 bits per heavy atom. The Hall–Kier alpha value is -0.0800. The molecule has 0 aliphatic rings. The minimum absolute atomic E-state index is 0.396. The van der Waals surface area contributed by atoms with Gasteiger partial charge in [-0.3, -0.25) is 0 Å². The molecule has 0 aliphatic carbocycles. The Balaban J connectivity index is 3.96. The van der Waals surface area contributed by atoms with E-state index in [1.165, 1.54) is 0 Å². The zero-order chi connectivity index (χ0) is 9.61. The fourth-order valence-corrected chi connectivity index (χ4v) is 1.68. The lowest BCUT2D eigenvalue weighted by Gasteiger charge is -2.31. The molecule has 0 aliphatic heterocycles. The lowest BCUT2D eigenvalue weighted by Crippen LogP contribution is -2.35. The van der Waals surface area contributed by atoms with Crippen LogP contribution in [0.3, 0.4) is 0 Å². The lowest BCUT2D eigenvalue weighted by atomic mass is 9.83. The number of methoxy groups -OCH3 is 1. The first-order chi connectivity index (χ1) is 5.58. The summed E-state index contributed by atoms with van der Waals surface area (Å²) in [6.45, 7) is 6.79. The quantitative estimate of drug-likeness (QED) is 0.669. The van der Waals surface area contributed by atoms with E-state index < -0.39 is 5.60 Å². The predicted octanol–water partition coefficient (Wildman–Crippen LogP) is 2.21. The van der Waals surface area contributed by atoms with Crippen LogP contribution in [0.1, 0.15) is 40.0 Å². The van der Waals surface area contributed by atoms with E-state index in [4.69, 9.17) is 4.74 Å². The van der Waals surface area contributed by atoms with Crippen LogP contribution in [0.4, 0.5) is 0 Å². The van der Waals surface area contributed by atoms with E-state index in [1.807, 2.05) is 6.92 Å². The van der Waals surface area contributed by atoms with Crippen molar-refractivity contribution in [1.82, 2.24) is 0 Å². The lowest BCUT2D eigenvalue weighted by molar-refractivity contribution is -0.0288. The van der Waals surface area contributed by atoms with Crippen molar-refractivity contribution in [2.45, 2.75) is 45.6 Å². The highest BCUT2D eigenvalue weighted by Crippen LogP contribution is 2.26. The highest BCUT2D eigenvalue weighted by Gasteiger charge is 2.28. The first kappa shape index (κ1) is 11.9. The molecule has 0 aromatic heterocycles. The van der Waals surface area contributed by atoms with Crippen LogP contribution in [0.15, 0.2) is 0 Å². The van der Waals surface area contributed by atoms with Gasteiger partial charge in [-0.25, -0.2) is 0 Å². The van der Waals surface area contributed by atoms with Crippen molar-refractivity contribution in [3.8, 4) is 0 Å². The normalized spacial score (nSPS) is 16.5. The van der Waals surface area contributed by atoms with Gasteiger partial charge in [-0.05, 0) is 19.3 Å². The Labute approximate surface area is 75.9 Å². The van der Waals surface area contributed by atoms with Crippen molar-refractivity contribution >= 4 is 0 Å². The van der Waals surface area contributed by atoms with E-state index in [0.717, 1.165) is 19.3 Å². The van der Waals surface area contributed by atoms with E-state index in [2.05, 4.69) is 13.8 Å². The van der Waals surface area contributed by atoms with E-state index in [0.29, 0.717) is 12.5 Å². The Kier molecular flexibility index (Phi) is 5.51. The molecule has 0 aromatic rings. The minimum atomic E-state index is -0.556. The fourth-order valence-electron chi connectivity index (χ4n) is 1.68. The highest BCUT2D eigenvalue weighted by atomic mass is 16.5.